The molecule has 58 heavy (non-hydrogen) atoms. The molecular weight excluding hydrogens is 814 g/mol. The first kappa shape index (κ1) is 59.8. The summed E-state index contributed by atoms with van der Waals surface area (Å²) in [4.78, 5) is 37.2. The quantitative estimate of drug-likeness (QED) is 0.0887. The largest absolute Gasteiger partial charge is 0.464 e. The van der Waals surface area contributed by atoms with Gasteiger partial charge in [-0.25, -0.2) is 0 Å². The number of carbonyl (C=O) groups is 3. The number of rotatable bonds is 16. The van der Waals surface area contributed by atoms with Gasteiger partial charge in [0, 0.05) is 13.0 Å². The topological polar surface area (TPSA) is 123 Å². The Morgan fingerprint density at radius 3 is 1.22 bits per heavy atom. The Hall–Kier alpha value is -2.55. The van der Waals surface area contributed by atoms with E-state index in [1.807, 2.05) is 39.8 Å². The summed E-state index contributed by atoms with van der Waals surface area (Å²) >= 11 is 0. The lowest BCUT2D eigenvalue weighted by molar-refractivity contribution is -0.408. The van der Waals surface area contributed by atoms with E-state index in [-0.39, 0.29) is 30.1 Å². The van der Waals surface area contributed by atoms with Crippen molar-refractivity contribution in [1.29, 1.82) is 0 Å². The van der Waals surface area contributed by atoms with Crippen molar-refractivity contribution in [2.24, 2.45) is 22.2 Å². The Bertz CT molecular complexity index is 1260. The highest BCUT2D eigenvalue weighted by Crippen LogP contribution is 2.51. The summed E-state index contributed by atoms with van der Waals surface area (Å²) in [5.74, 6) is -2.60. The minimum atomic E-state index is -6.06. The summed E-state index contributed by atoms with van der Waals surface area (Å²) in [5.41, 5.74) is -16.0. The second-order valence-corrected chi connectivity index (χ2v) is 17.0. The van der Waals surface area contributed by atoms with Crippen LogP contribution in [0, 0.1) is 22.2 Å². The zero-order valence-corrected chi connectivity index (χ0v) is 35.9. The Morgan fingerprint density at radius 2 is 0.931 bits per heavy atom. The first-order valence-electron chi connectivity index (χ1n) is 18.3. The third-order valence-electron chi connectivity index (χ3n) is 9.59. The van der Waals surface area contributed by atoms with Crippen LogP contribution in [-0.4, -0.2) is 108 Å². The van der Waals surface area contributed by atoms with Gasteiger partial charge in [-0.2, -0.15) is 52.7 Å². The third kappa shape index (κ3) is 16.8. The number of aliphatic hydroxyl groups is 2. The van der Waals surface area contributed by atoms with E-state index in [4.69, 9.17) is 9.47 Å². The van der Waals surface area contributed by atoms with Gasteiger partial charge >= 0.3 is 42.6 Å². The van der Waals surface area contributed by atoms with Gasteiger partial charge in [-0.3, -0.25) is 14.4 Å². The summed E-state index contributed by atoms with van der Waals surface area (Å²) < 4.78 is 168. The van der Waals surface area contributed by atoms with Crippen LogP contribution in [0.1, 0.15) is 122 Å². The Labute approximate surface area is 333 Å². The molecule has 0 saturated carbocycles. The average molecular weight is 878 g/mol. The third-order valence-corrected chi connectivity index (χ3v) is 9.59. The zero-order chi connectivity index (χ0) is 47.5. The van der Waals surface area contributed by atoms with Crippen LogP contribution in [0.2, 0.25) is 0 Å². The lowest BCUT2D eigenvalue weighted by Gasteiger charge is -2.44. The zero-order valence-electron chi connectivity index (χ0n) is 35.9. The van der Waals surface area contributed by atoms with Crippen LogP contribution in [0.15, 0.2) is 0 Å². The first-order chi connectivity index (χ1) is 25.3. The molecule has 0 heterocycles. The summed E-state index contributed by atoms with van der Waals surface area (Å²) in [6, 6.07) is 0. The van der Waals surface area contributed by atoms with Gasteiger partial charge in [-0.15, -0.1) is 0 Å². The van der Waals surface area contributed by atoms with Crippen molar-refractivity contribution in [2.45, 2.75) is 170 Å². The fourth-order valence-electron chi connectivity index (χ4n) is 3.97. The Balaban J connectivity index is -0.000000816. The molecule has 0 fully saturated rings. The molecule has 0 aromatic carbocycles. The van der Waals surface area contributed by atoms with Crippen molar-refractivity contribution < 1.29 is 91.5 Å². The smallest absolute Gasteiger partial charge is 0.430 e. The molecule has 0 aliphatic carbocycles. The minimum absolute atomic E-state index is 0.100. The molecule has 0 saturated heterocycles. The van der Waals surface area contributed by atoms with E-state index >= 15 is 0 Å². The fourth-order valence-corrected chi connectivity index (χ4v) is 3.97. The van der Waals surface area contributed by atoms with E-state index in [9.17, 15) is 77.3 Å². The van der Waals surface area contributed by atoms with Gasteiger partial charge in [-0.1, -0.05) is 34.6 Å². The highest BCUT2D eigenvalue weighted by atomic mass is 19.4. The molecule has 21 heteroatoms. The number of hydrogen-bond donors (Lipinski definition) is 2. The summed E-state index contributed by atoms with van der Waals surface area (Å²) in [5, 5.41) is 18.6. The molecule has 0 aromatic rings. The molecular formula is C37H63F12NO8. The van der Waals surface area contributed by atoms with Gasteiger partial charge in [0.1, 0.15) is 12.7 Å². The molecule has 0 rings (SSSR count). The number of alkyl halides is 12. The SMILES string of the molecule is CCC(C)(C)C(=O)OC(C)(C)C(O)(C(F)(F)F)C(F)(F)F.CCC(C)(C)C(=O)OC(CC(C)C)CC(O)(C(F)(F)F)C(F)(F)F.CCC(C)(C)C(=O)OCCN(C)C. The number of nitrogens with zero attached hydrogens (tertiary/aromatic N) is 1. The van der Waals surface area contributed by atoms with Crippen molar-refractivity contribution in [3.63, 3.8) is 0 Å². The fraction of sp³-hybridized carbons (Fsp3) is 0.919. The summed E-state index contributed by atoms with van der Waals surface area (Å²) in [7, 11) is 3.91. The molecule has 348 valence electrons. The predicted octanol–water partition coefficient (Wildman–Crippen LogP) is 9.75. The van der Waals surface area contributed by atoms with Gasteiger partial charge in [0.15, 0.2) is 5.60 Å². The summed E-state index contributed by atoms with van der Waals surface area (Å²) in [6.45, 7) is 19.7. The van der Waals surface area contributed by atoms with Crippen molar-refractivity contribution in [3.05, 3.63) is 0 Å². The summed E-state index contributed by atoms with van der Waals surface area (Å²) in [6.07, 6.45) is -26.5. The normalized spacial score (nSPS) is 14.5. The molecule has 2 N–H and O–H groups in total. The average Bonchev–Trinajstić information content (AvgIpc) is 3.01. The van der Waals surface area contributed by atoms with Gasteiger partial charge in [0.25, 0.3) is 11.2 Å². The maximum absolute atomic E-state index is 12.8. The van der Waals surface area contributed by atoms with E-state index in [0.29, 0.717) is 26.9 Å². The second kappa shape index (κ2) is 21.3. The lowest BCUT2D eigenvalue weighted by Crippen LogP contribution is -2.70. The van der Waals surface area contributed by atoms with Gasteiger partial charge in [0.2, 0.25) is 0 Å². The van der Waals surface area contributed by atoms with Crippen LogP contribution in [-0.2, 0) is 28.6 Å². The first-order valence-corrected chi connectivity index (χ1v) is 18.3. The van der Waals surface area contributed by atoms with E-state index in [1.165, 1.54) is 34.6 Å². The molecule has 0 bridgehead atoms. The molecule has 0 radical (unpaired) electrons. The lowest BCUT2D eigenvalue weighted by atomic mass is 9.83. The van der Waals surface area contributed by atoms with E-state index in [0.717, 1.165) is 13.0 Å². The van der Waals surface area contributed by atoms with Gasteiger partial charge in [-0.05, 0) is 101 Å². The monoisotopic (exact) mass is 877 g/mol. The molecule has 1 unspecified atom stereocenters. The van der Waals surface area contributed by atoms with Gasteiger partial charge in [0.05, 0.1) is 16.2 Å². The molecule has 0 amide bonds. The van der Waals surface area contributed by atoms with E-state index < -0.39 is 76.8 Å². The number of esters is 3. The standard InChI is InChI=1S/C15H24F6O3.C12H18F6O3.C10H21NO2/c1-6-12(4,5)11(22)24-10(7-9(2)3)8-13(23,14(16,17)18)15(19,20)21;1-6-8(2,3)7(19)21-9(4,5)10(20,11(13,14)15)12(16,17)18;1-6-10(2,3)9(12)13-8-7-11(4)5/h9-10,23H,6-8H2,1-5H3;20H,6H2,1-5H3;6-8H2,1-5H3. The van der Waals surface area contributed by atoms with Crippen LogP contribution < -0.4 is 0 Å². The predicted molar refractivity (Wildman–Crippen MR) is 190 cm³/mol. The number of hydrogen-bond acceptors (Lipinski definition) is 9. The molecule has 0 aliphatic rings. The van der Waals surface area contributed by atoms with Crippen LogP contribution in [0.5, 0.6) is 0 Å². The number of ether oxygens (including phenoxy) is 3. The van der Waals surface area contributed by atoms with Gasteiger partial charge < -0.3 is 29.3 Å². The maximum Gasteiger partial charge on any atom is 0.430 e. The van der Waals surface area contributed by atoms with Crippen LogP contribution >= 0.6 is 0 Å². The Morgan fingerprint density at radius 1 is 0.586 bits per heavy atom. The van der Waals surface area contributed by atoms with Crippen molar-refractivity contribution in [3.8, 4) is 0 Å². The second-order valence-electron chi connectivity index (χ2n) is 17.0. The van der Waals surface area contributed by atoms with Crippen LogP contribution in [0.4, 0.5) is 52.7 Å². The highest BCUT2D eigenvalue weighted by molar-refractivity contribution is 5.77. The number of halogens is 12. The van der Waals surface area contributed by atoms with E-state index in [2.05, 4.69) is 4.74 Å². The number of carbonyl (C=O) groups excluding carboxylic acids is 3. The molecule has 0 aliphatic heterocycles. The van der Waals surface area contributed by atoms with Crippen molar-refractivity contribution in [1.82, 2.24) is 4.90 Å². The Kier molecular flexibility index (Phi) is 22.0. The highest BCUT2D eigenvalue weighted by Gasteiger charge is 2.79. The molecule has 0 spiro atoms. The maximum atomic E-state index is 12.8. The van der Waals surface area contributed by atoms with Crippen LogP contribution in [0.3, 0.4) is 0 Å². The van der Waals surface area contributed by atoms with Crippen LogP contribution in [0.25, 0.3) is 0 Å². The molecule has 0 aromatic heterocycles. The molecule has 1 atom stereocenters. The number of likely N-dealkylation sites (N-methyl/N-ethyl adjacent to an activating group) is 1. The minimum Gasteiger partial charge on any atom is -0.464 e. The van der Waals surface area contributed by atoms with Crippen molar-refractivity contribution >= 4 is 17.9 Å². The van der Waals surface area contributed by atoms with Crippen molar-refractivity contribution in [2.75, 3.05) is 27.2 Å². The van der Waals surface area contributed by atoms with E-state index in [1.54, 1.807) is 20.8 Å². The molecule has 9 nitrogen and oxygen atoms in total.